The first kappa shape index (κ1) is 14.9. The number of fused-ring (bicyclic) bond motifs is 2. The van der Waals surface area contributed by atoms with E-state index in [4.69, 9.17) is 4.42 Å². The van der Waals surface area contributed by atoms with E-state index in [1.165, 1.54) is 5.56 Å². The molecule has 1 aliphatic rings. The highest BCUT2D eigenvalue weighted by atomic mass is 16.3. The van der Waals surface area contributed by atoms with Crippen molar-refractivity contribution in [3.8, 4) is 0 Å². The quantitative estimate of drug-likeness (QED) is 0.763. The van der Waals surface area contributed by atoms with Gasteiger partial charge in [-0.15, -0.1) is 0 Å². The van der Waals surface area contributed by atoms with Crippen molar-refractivity contribution in [2.75, 3.05) is 5.32 Å². The van der Waals surface area contributed by atoms with Gasteiger partial charge in [-0.05, 0) is 55.5 Å². The Morgan fingerprint density at radius 1 is 1.25 bits per heavy atom. The van der Waals surface area contributed by atoms with Gasteiger partial charge in [-0.2, -0.15) is 0 Å². The summed E-state index contributed by atoms with van der Waals surface area (Å²) in [5, 5.41) is 3.07. The number of nitrogens with one attached hydrogen (secondary N) is 1. The van der Waals surface area contributed by atoms with Crippen LogP contribution in [0.15, 0.2) is 46.9 Å². The third kappa shape index (κ3) is 2.39. The zero-order valence-corrected chi connectivity index (χ0v) is 13.9. The van der Waals surface area contributed by atoms with Crippen LogP contribution in [-0.4, -0.2) is 10.9 Å². The molecular formula is C20H20N2O2. The zero-order valence-electron chi connectivity index (χ0n) is 13.9. The number of hydrogen-bond donors (Lipinski definition) is 1. The fourth-order valence-corrected chi connectivity index (χ4v) is 3.67. The maximum Gasteiger partial charge on any atom is 0.234 e. The Bertz CT molecular complexity index is 928. The molecule has 1 N–H and O–H groups in total. The van der Waals surface area contributed by atoms with Gasteiger partial charge < -0.3 is 9.73 Å². The predicted molar refractivity (Wildman–Crippen MR) is 94.1 cm³/mol. The van der Waals surface area contributed by atoms with Crippen LogP contribution in [0.1, 0.15) is 36.8 Å². The minimum atomic E-state index is -0.496. The van der Waals surface area contributed by atoms with Crippen LogP contribution in [0, 0.1) is 6.92 Å². The lowest BCUT2D eigenvalue weighted by molar-refractivity contribution is -0.121. The molecule has 0 spiro atoms. The van der Waals surface area contributed by atoms with Crippen molar-refractivity contribution in [2.24, 2.45) is 0 Å². The van der Waals surface area contributed by atoms with Gasteiger partial charge in [0.15, 0.2) is 11.5 Å². The second kappa shape index (κ2) is 5.48. The lowest BCUT2D eigenvalue weighted by Gasteiger charge is -2.34. The minimum absolute atomic E-state index is 0.0363. The summed E-state index contributed by atoms with van der Waals surface area (Å²) in [6.07, 6.45) is 2.94. The summed E-state index contributed by atoms with van der Waals surface area (Å²) in [5.74, 6) is 0.663. The molecule has 1 atom stereocenters. The number of rotatable bonds is 2. The molecule has 0 saturated heterocycles. The van der Waals surface area contributed by atoms with Crippen LogP contribution in [0.5, 0.6) is 0 Å². The first-order valence-corrected chi connectivity index (χ1v) is 8.33. The minimum Gasteiger partial charge on any atom is -0.441 e. The van der Waals surface area contributed by atoms with Crippen LogP contribution in [0.25, 0.3) is 11.1 Å². The van der Waals surface area contributed by atoms with Crippen molar-refractivity contribution >= 4 is 22.7 Å². The van der Waals surface area contributed by atoms with E-state index in [0.29, 0.717) is 5.89 Å². The average Bonchev–Trinajstić information content (AvgIpc) is 2.94. The van der Waals surface area contributed by atoms with Gasteiger partial charge in [0.2, 0.25) is 5.91 Å². The van der Waals surface area contributed by atoms with Gasteiger partial charge >= 0.3 is 0 Å². The highest BCUT2D eigenvalue weighted by Gasteiger charge is 2.38. The second-order valence-corrected chi connectivity index (χ2v) is 6.71. The number of oxazole rings is 1. The molecule has 1 heterocycles. The Morgan fingerprint density at radius 3 is 2.96 bits per heavy atom. The Hall–Kier alpha value is -2.62. The molecule has 0 saturated carbocycles. The number of nitrogens with zero attached hydrogens (tertiary/aromatic N) is 1. The van der Waals surface area contributed by atoms with E-state index in [-0.39, 0.29) is 5.91 Å². The fourth-order valence-electron chi connectivity index (χ4n) is 3.67. The van der Waals surface area contributed by atoms with Gasteiger partial charge in [0.25, 0.3) is 0 Å². The molecule has 0 radical (unpaired) electrons. The molecule has 1 aliphatic carbocycles. The summed E-state index contributed by atoms with van der Waals surface area (Å²) >= 11 is 0. The molecule has 0 bridgehead atoms. The summed E-state index contributed by atoms with van der Waals surface area (Å²) in [4.78, 5) is 17.4. The third-order valence-electron chi connectivity index (χ3n) is 4.99. The molecule has 122 valence electrons. The highest BCUT2D eigenvalue weighted by Crippen LogP contribution is 2.38. The first-order chi connectivity index (χ1) is 11.6. The number of anilines is 1. The lowest BCUT2D eigenvalue weighted by Crippen LogP contribution is -2.40. The molecule has 24 heavy (non-hydrogen) atoms. The number of hydrogen-bond acceptors (Lipinski definition) is 3. The van der Waals surface area contributed by atoms with E-state index < -0.39 is 5.41 Å². The van der Waals surface area contributed by atoms with Crippen LogP contribution in [0.4, 0.5) is 5.69 Å². The molecule has 0 unspecified atom stereocenters. The van der Waals surface area contributed by atoms with Crippen LogP contribution in [-0.2, 0) is 16.6 Å². The molecule has 1 aromatic heterocycles. The van der Waals surface area contributed by atoms with Crippen LogP contribution < -0.4 is 5.32 Å². The van der Waals surface area contributed by atoms with Crippen LogP contribution in [0.2, 0.25) is 0 Å². The summed E-state index contributed by atoms with van der Waals surface area (Å²) in [7, 11) is 0. The standard InChI is InChI=1S/C20H20N2O2/c1-13-21-17-12-15(9-10-18(17)24-13)22-19(23)20(2)11-5-7-14-6-3-4-8-16(14)20/h3-4,6,8-10,12H,5,7,11H2,1-2H3,(H,22,23)/t20-/m1/s1. The molecular weight excluding hydrogens is 300 g/mol. The van der Waals surface area contributed by atoms with Crippen molar-refractivity contribution in [2.45, 2.75) is 38.5 Å². The Morgan fingerprint density at radius 2 is 2.08 bits per heavy atom. The van der Waals surface area contributed by atoms with E-state index in [2.05, 4.69) is 22.4 Å². The summed E-state index contributed by atoms with van der Waals surface area (Å²) in [6, 6.07) is 13.8. The SMILES string of the molecule is Cc1nc2cc(NC(=O)[C@]3(C)CCCc4ccccc43)ccc2o1. The number of carbonyl (C=O) groups excluding carboxylic acids is 1. The smallest absolute Gasteiger partial charge is 0.234 e. The van der Waals surface area contributed by atoms with Gasteiger partial charge in [-0.3, -0.25) is 4.79 Å². The molecule has 4 nitrogen and oxygen atoms in total. The highest BCUT2D eigenvalue weighted by molar-refractivity contribution is 6.00. The van der Waals surface area contributed by atoms with Gasteiger partial charge in [0, 0.05) is 12.6 Å². The Kier molecular flexibility index (Phi) is 3.41. The molecule has 0 fully saturated rings. The van der Waals surface area contributed by atoms with Crippen molar-refractivity contribution < 1.29 is 9.21 Å². The maximum absolute atomic E-state index is 13.0. The summed E-state index contributed by atoms with van der Waals surface area (Å²) < 4.78 is 5.49. The number of carbonyl (C=O) groups is 1. The number of amides is 1. The topological polar surface area (TPSA) is 55.1 Å². The molecule has 1 amide bonds. The van der Waals surface area contributed by atoms with E-state index in [1.807, 2.05) is 44.2 Å². The van der Waals surface area contributed by atoms with E-state index in [9.17, 15) is 4.79 Å². The Labute approximate surface area is 140 Å². The van der Waals surface area contributed by atoms with Crippen molar-refractivity contribution in [3.63, 3.8) is 0 Å². The second-order valence-electron chi connectivity index (χ2n) is 6.71. The molecule has 4 heteroatoms. The van der Waals surface area contributed by atoms with Crippen molar-refractivity contribution in [1.82, 2.24) is 4.98 Å². The van der Waals surface area contributed by atoms with Gasteiger partial charge in [0.05, 0.1) is 5.41 Å². The Balaban J connectivity index is 1.65. The van der Waals surface area contributed by atoms with Crippen molar-refractivity contribution in [3.05, 3.63) is 59.5 Å². The number of aryl methyl sites for hydroxylation is 2. The van der Waals surface area contributed by atoms with Gasteiger partial charge in [-0.1, -0.05) is 24.3 Å². The van der Waals surface area contributed by atoms with Crippen LogP contribution in [0.3, 0.4) is 0 Å². The third-order valence-corrected chi connectivity index (χ3v) is 4.99. The van der Waals surface area contributed by atoms with Crippen LogP contribution >= 0.6 is 0 Å². The molecule has 4 rings (SSSR count). The molecule has 0 aliphatic heterocycles. The zero-order chi connectivity index (χ0) is 16.7. The molecule has 2 aromatic carbocycles. The normalized spacial score (nSPS) is 19.9. The van der Waals surface area contributed by atoms with E-state index >= 15 is 0 Å². The first-order valence-electron chi connectivity index (χ1n) is 8.33. The monoisotopic (exact) mass is 320 g/mol. The summed E-state index contributed by atoms with van der Waals surface area (Å²) in [5.41, 5.74) is 4.18. The van der Waals surface area contributed by atoms with Crippen molar-refractivity contribution in [1.29, 1.82) is 0 Å². The maximum atomic E-state index is 13.0. The average molecular weight is 320 g/mol. The number of aromatic nitrogens is 1. The van der Waals surface area contributed by atoms with E-state index in [1.54, 1.807) is 0 Å². The molecule has 3 aromatic rings. The summed E-state index contributed by atoms with van der Waals surface area (Å²) in [6.45, 7) is 3.86. The largest absolute Gasteiger partial charge is 0.441 e. The predicted octanol–water partition coefficient (Wildman–Crippen LogP) is 4.37. The van der Waals surface area contributed by atoms with Gasteiger partial charge in [-0.25, -0.2) is 4.98 Å². The lowest BCUT2D eigenvalue weighted by atomic mass is 9.70. The number of benzene rings is 2. The fraction of sp³-hybridized carbons (Fsp3) is 0.300. The van der Waals surface area contributed by atoms with E-state index in [0.717, 1.165) is 41.6 Å². The van der Waals surface area contributed by atoms with Gasteiger partial charge in [0.1, 0.15) is 5.52 Å².